The minimum absolute atomic E-state index is 0.0748. The number of halogens is 2. The van der Waals surface area contributed by atoms with Gasteiger partial charge < -0.3 is 20.7 Å². The lowest BCUT2D eigenvalue weighted by Crippen LogP contribution is -2.41. The number of alkyl halides is 2. The van der Waals surface area contributed by atoms with E-state index < -0.39 is 36.7 Å². The minimum atomic E-state index is -3.65. The van der Waals surface area contributed by atoms with E-state index in [1.165, 1.54) is 6.07 Å². The number of hydrogen-bond donors (Lipinski definition) is 3. The molecule has 1 fully saturated rings. The fourth-order valence-corrected chi connectivity index (χ4v) is 1.72. The molecule has 0 aliphatic carbocycles. The van der Waals surface area contributed by atoms with Crippen molar-refractivity contribution in [2.45, 2.75) is 24.4 Å². The van der Waals surface area contributed by atoms with E-state index in [-0.39, 0.29) is 5.82 Å². The maximum Gasteiger partial charge on any atom is 0.351 e. The van der Waals surface area contributed by atoms with Gasteiger partial charge in [-0.15, -0.1) is 0 Å². The van der Waals surface area contributed by atoms with E-state index in [0.717, 1.165) is 6.20 Å². The number of aliphatic hydroxyl groups is 2. The van der Waals surface area contributed by atoms with Gasteiger partial charge in [0.05, 0.1) is 6.61 Å². The van der Waals surface area contributed by atoms with Crippen LogP contribution < -0.4 is 11.4 Å². The summed E-state index contributed by atoms with van der Waals surface area (Å²) in [6.07, 6.45) is -4.65. The molecule has 0 saturated carbocycles. The van der Waals surface area contributed by atoms with E-state index in [0.29, 0.717) is 4.57 Å². The molecule has 1 aromatic rings. The second-order valence-electron chi connectivity index (χ2n) is 3.86. The number of hydrogen-bond acceptors (Lipinski definition) is 6. The molecule has 7 nitrogen and oxygen atoms in total. The van der Waals surface area contributed by atoms with Crippen molar-refractivity contribution in [2.75, 3.05) is 12.3 Å². The topological polar surface area (TPSA) is 111 Å². The smallest absolute Gasteiger partial charge is 0.351 e. The van der Waals surface area contributed by atoms with Crippen molar-refractivity contribution in [2.24, 2.45) is 0 Å². The summed E-state index contributed by atoms with van der Waals surface area (Å²) < 4.78 is 32.4. The number of nitrogens with zero attached hydrogens (tertiary/aromatic N) is 2. The van der Waals surface area contributed by atoms with Gasteiger partial charge in [0.2, 0.25) is 0 Å². The van der Waals surface area contributed by atoms with Crippen molar-refractivity contribution in [1.82, 2.24) is 9.55 Å². The second-order valence-corrected chi connectivity index (χ2v) is 3.86. The third-order valence-corrected chi connectivity index (χ3v) is 2.69. The summed E-state index contributed by atoms with van der Waals surface area (Å²) in [6.45, 7) is -0.974. The predicted molar refractivity (Wildman–Crippen MR) is 54.9 cm³/mol. The van der Waals surface area contributed by atoms with Gasteiger partial charge in [-0.2, -0.15) is 4.98 Å². The molecule has 1 aliphatic rings. The molecule has 3 unspecified atom stereocenters. The molecule has 1 saturated heterocycles. The van der Waals surface area contributed by atoms with Crippen LogP contribution in [0.1, 0.15) is 6.23 Å². The van der Waals surface area contributed by atoms with Crippen LogP contribution in [0.3, 0.4) is 0 Å². The molecule has 100 valence electrons. The normalized spacial score (nSPS) is 30.6. The second kappa shape index (κ2) is 4.26. The molecular weight excluding hydrogens is 252 g/mol. The van der Waals surface area contributed by atoms with E-state index >= 15 is 0 Å². The van der Waals surface area contributed by atoms with Gasteiger partial charge in [-0.1, -0.05) is 0 Å². The predicted octanol–water partition coefficient (Wildman–Crippen LogP) is -1.29. The van der Waals surface area contributed by atoms with Gasteiger partial charge in [0.25, 0.3) is 0 Å². The SMILES string of the molecule is Nc1ccn(C2OC(CO)C(F)(F)C2O)c(=O)n1. The highest BCUT2D eigenvalue weighted by atomic mass is 19.3. The number of anilines is 1. The lowest BCUT2D eigenvalue weighted by atomic mass is 10.1. The molecule has 0 aromatic carbocycles. The van der Waals surface area contributed by atoms with E-state index in [9.17, 15) is 18.7 Å². The van der Waals surface area contributed by atoms with Crippen LogP contribution in [0.4, 0.5) is 14.6 Å². The van der Waals surface area contributed by atoms with Crippen LogP contribution >= 0.6 is 0 Å². The van der Waals surface area contributed by atoms with Crippen molar-refractivity contribution in [3.05, 3.63) is 22.7 Å². The molecule has 2 rings (SSSR count). The third-order valence-electron chi connectivity index (χ3n) is 2.69. The van der Waals surface area contributed by atoms with Crippen molar-refractivity contribution in [3.63, 3.8) is 0 Å². The summed E-state index contributed by atoms with van der Waals surface area (Å²) in [5, 5.41) is 18.2. The number of rotatable bonds is 2. The van der Waals surface area contributed by atoms with Crippen LogP contribution in [0.25, 0.3) is 0 Å². The highest BCUT2D eigenvalue weighted by Crippen LogP contribution is 2.40. The summed E-state index contributed by atoms with van der Waals surface area (Å²) in [7, 11) is 0. The largest absolute Gasteiger partial charge is 0.393 e. The Labute approximate surface area is 99.4 Å². The quantitative estimate of drug-likeness (QED) is 0.612. The molecule has 3 atom stereocenters. The summed E-state index contributed by atoms with van der Waals surface area (Å²) in [5.74, 6) is -3.73. The van der Waals surface area contributed by atoms with Crippen LogP contribution in [0.5, 0.6) is 0 Å². The first-order valence-electron chi connectivity index (χ1n) is 5.04. The molecule has 2 heterocycles. The fourth-order valence-electron chi connectivity index (χ4n) is 1.72. The van der Waals surface area contributed by atoms with Crippen molar-refractivity contribution in [3.8, 4) is 0 Å². The number of ether oxygens (including phenoxy) is 1. The summed E-state index contributed by atoms with van der Waals surface area (Å²) in [6, 6.07) is 1.21. The van der Waals surface area contributed by atoms with Crippen LogP contribution in [-0.4, -0.2) is 44.5 Å². The monoisotopic (exact) mass is 263 g/mol. The molecule has 1 aliphatic heterocycles. The fraction of sp³-hybridized carbons (Fsp3) is 0.556. The summed E-state index contributed by atoms with van der Waals surface area (Å²) in [4.78, 5) is 14.8. The molecule has 4 N–H and O–H groups in total. The van der Waals surface area contributed by atoms with Crippen molar-refractivity contribution >= 4 is 5.82 Å². The first kappa shape index (κ1) is 12.9. The summed E-state index contributed by atoms with van der Waals surface area (Å²) >= 11 is 0. The Morgan fingerprint density at radius 2 is 2.28 bits per heavy atom. The van der Waals surface area contributed by atoms with Gasteiger partial charge in [0.15, 0.2) is 12.3 Å². The van der Waals surface area contributed by atoms with E-state index in [2.05, 4.69) is 4.98 Å². The number of nitrogen functional groups attached to an aromatic ring is 1. The third kappa shape index (κ3) is 1.85. The van der Waals surface area contributed by atoms with Gasteiger partial charge in [0.1, 0.15) is 11.9 Å². The van der Waals surface area contributed by atoms with Gasteiger partial charge >= 0.3 is 11.6 Å². The highest BCUT2D eigenvalue weighted by Gasteiger charge is 2.59. The zero-order chi connectivity index (χ0) is 13.5. The van der Waals surface area contributed by atoms with Crippen LogP contribution in [0.15, 0.2) is 17.1 Å². The van der Waals surface area contributed by atoms with Crippen LogP contribution in [0, 0.1) is 0 Å². The number of aromatic nitrogens is 2. The molecule has 18 heavy (non-hydrogen) atoms. The maximum atomic E-state index is 13.5. The standard InChI is InChI=1S/C9H11F2N3O4/c10-9(11)4(3-15)18-7(6(9)16)14-2-1-5(12)13-8(14)17/h1-2,4,6-7,15-16H,3H2,(H2,12,13,17). The zero-order valence-electron chi connectivity index (χ0n) is 9.03. The number of aliphatic hydroxyl groups excluding tert-OH is 2. The van der Waals surface area contributed by atoms with Crippen LogP contribution in [0.2, 0.25) is 0 Å². The van der Waals surface area contributed by atoms with E-state index in [1.807, 2.05) is 0 Å². The Bertz CT molecular complexity index is 507. The van der Waals surface area contributed by atoms with E-state index in [1.54, 1.807) is 0 Å². The Morgan fingerprint density at radius 3 is 2.78 bits per heavy atom. The molecule has 0 amide bonds. The van der Waals surface area contributed by atoms with Crippen LogP contribution in [-0.2, 0) is 4.74 Å². The van der Waals surface area contributed by atoms with Gasteiger partial charge in [-0.3, -0.25) is 4.57 Å². The Balaban J connectivity index is 2.38. The average molecular weight is 263 g/mol. The molecule has 0 spiro atoms. The number of nitrogens with two attached hydrogens (primary N) is 1. The first-order valence-corrected chi connectivity index (χ1v) is 5.04. The lowest BCUT2D eigenvalue weighted by Gasteiger charge is -2.18. The molecule has 1 aromatic heterocycles. The van der Waals surface area contributed by atoms with Gasteiger partial charge in [-0.25, -0.2) is 13.6 Å². The Hall–Kier alpha value is -1.58. The summed E-state index contributed by atoms with van der Waals surface area (Å²) in [5.41, 5.74) is 4.33. The Morgan fingerprint density at radius 1 is 1.61 bits per heavy atom. The zero-order valence-corrected chi connectivity index (χ0v) is 9.03. The highest BCUT2D eigenvalue weighted by molar-refractivity contribution is 5.23. The molecule has 9 heteroatoms. The Kier molecular flexibility index (Phi) is 3.05. The van der Waals surface area contributed by atoms with Gasteiger partial charge in [-0.05, 0) is 6.07 Å². The molecule has 0 radical (unpaired) electrons. The molecule has 0 bridgehead atoms. The minimum Gasteiger partial charge on any atom is -0.393 e. The maximum absolute atomic E-state index is 13.5. The van der Waals surface area contributed by atoms with Gasteiger partial charge in [0, 0.05) is 6.20 Å². The lowest BCUT2D eigenvalue weighted by molar-refractivity contribution is -0.123. The van der Waals surface area contributed by atoms with E-state index in [4.69, 9.17) is 15.6 Å². The average Bonchev–Trinajstić information content (AvgIpc) is 2.52. The van der Waals surface area contributed by atoms with Crippen molar-refractivity contribution in [1.29, 1.82) is 0 Å². The first-order chi connectivity index (χ1) is 8.37. The van der Waals surface area contributed by atoms with Crippen molar-refractivity contribution < 1.29 is 23.7 Å². The molecular formula is C9H11F2N3O4.